The van der Waals surface area contributed by atoms with Gasteiger partial charge in [-0.15, -0.1) is 10.2 Å². The molecule has 2 amide bonds. The summed E-state index contributed by atoms with van der Waals surface area (Å²) < 4.78 is 13.1. The first-order valence-corrected chi connectivity index (χ1v) is 11.4. The number of halogens is 1. The van der Waals surface area contributed by atoms with Gasteiger partial charge >= 0.3 is 0 Å². The fourth-order valence-corrected chi connectivity index (χ4v) is 4.10. The highest BCUT2D eigenvalue weighted by Crippen LogP contribution is 2.29. The van der Waals surface area contributed by atoms with Gasteiger partial charge < -0.3 is 14.7 Å². The van der Waals surface area contributed by atoms with E-state index in [2.05, 4.69) is 15.1 Å². The van der Waals surface area contributed by atoms with Gasteiger partial charge in [-0.05, 0) is 63.1 Å². The number of amides is 2. The molecule has 1 aromatic carbocycles. The molecular formula is C24H30FN5O2. The van der Waals surface area contributed by atoms with E-state index in [9.17, 15) is 14.0 Å². The largest absolute Gasteiger partial charge is 0.352 e. The summed E-state index contributed by atoms with van der Waals surface area (Å²) >= 11 is 0. The monoisotopic (exact) mass is 439 g/mol. The van der Waals surface area contributed by atoms with Gasteiger partial charge in [0.05, 0.1) is 12.2 Å². The van der Waals surface area contributed by atoms with Crippen molar-refractivity contribution in [3.63, 3.8) is 0 Å². The van der Waals surface area contributed by atoms with Crippen molar-refractivity contribution in [1.82, 2.24) is 20.0 Å². The highest BCUT2D eigenvalue weighted by molar-refractivity contribution is 5.86. The summed E-state index contributed by atoms with van der Waals surface area (Å²) in [6.45, 7) is 6.59. The molecule has 1 saturated carbocycles. The highest BCUT2D eigenvalue weighted by Gasteiger charge is 2.33. The number of rotatable bonds is 6. The van der Waals surface area contributed by atoms with Crippen molar-refractivity contribution in [2.75, 3.05) is 37.6 Å². The number of hydrogen-bond acceptors (Lipinski definition) is 5. The summed E-state index contributed by atoms with van der Waals surface area (Å²) in [6, 6.07) is 9.96. The number of piperazine rings is 1. The van der Waals surface area contributed by atoms with E-state index in [0.717, 1.165) is 30.6 Å². The average Bonchev–Trinajstić information content (AvgIpc) is 2.76. The quantitative estimate of drug-likeness (QED) is 0.692. The summed E-state index contributed by atoms with van der Waals surface area (Å²) in [5, 5.41) is 8.60. The van der Waals surface area contributed by atoms with Gasteiger partial charge in [-0.3, -0.25) is 9.59 Å². The Hall–Kier alpha value is -3.03. The van der Waals surface area contributed by atoms with Gasteiger partial charge in [0.2, 0.25) is 11.8 Å². The van der Waals surface area contributed by atoms with Crippen molar-refractivity contribution in [2.45, 2.75) is 39.2 Å². The first-order valence-electron chi connectivity index (χ1n) is 11.4. The third-order valence-corrected chi connectivity index (χ3v) is 6.41. The average molecular weight is 440 g/mol. The summed E-state index contributed by atoms with van der Waals surface area (Å²) in [5.41, 5.74) is 1.50. The minimum Gasteiger partial charge on any atom is -0.352 e. The first kappa shape index (κ1) is 22.2. The maximum atomic E-state index is 13.1. The second-order valence-electron chi connectivity index (χ2n) is 8.84. The fraction of sp³-hybridized carbons (Fsp3) is 0.500. The van der Waals surface area contributed by atoms with Gasteiger partial charge in [-0.2, -0.15) is 0 Å². The maximum absolute atomic E-state index is 13.1. The van der Waals surface area contributed by atoms with Crippen molar-refractivity contribution < 1.29 is 14.0 Å². The standard InChI is InChI=1S/C24H30FN5O2/c1-17(2)30(24(32)19-4-3-5-19)16-23(31)29-14-12-28(13-15-29)22-11-10-21(26-27-22)18-6-8-20(25)9-7-18/h6-11,17,19H,3-5,12-16H2,1-2H3. The second-order valence-corrected chi connectivity index (χ2v) is 8.84. The SMILES string of the molecule is CC(C)N(CC(=O)N1CCN(c2ccc(-c3ccc(F)cc3)nn2)CC1)C(=O)C1CCC1. The van der Waals surface area contributed by atoms with E-state index in [4.69, 9.17) is 0 Å². The Balaban J connectivity index is 1.31. The molecule has 2 aromatic rings. The minimum atomic E-state index is -0.283. The fourth-order valence-electron chi connectivity index (χ4n) is 4.10. The van der Waals surface area contributed by atoms with E-state index in [-0.39, 0.29) is 36.1 Å². The zero-order valence-electron chi connectivity index (χ0n) is 18.7. The molecule has 1 aromatic heterocycles. The predicted octanol–water partition coefficient (Wildman–Crippen LogP) is 2.97. The Morgan fingerprint density at radius 2 is 1.72 bits per heavy atom. The number of carbonyl (C=O) groups excluding carboxylic acids is 2. The molecule has 0 unspecified atom stereocenters. The Morgan fingerprint density at radius 1 is 1.03 bits per heavy atom. The number of nitrogens with zero attached hydrogens (tertiary/aromatic N) is 5. The smallest absolute Gasteiger partial charge is 0.242 e. The lowest BCUT2D eigenvalue weighted by Crippen LogP contribution is -2.53. The van der Waals surface area contributed by atoms with Crippen molar-refractivity contribution in [1.29, 1.82) is 0 Å². The van der Waals surface area contributed by atoms with Gasteiger partial charge in [-0.1, -0.05) is 6.42 Å². The predicted molar refractivity (Wildman–Crippen MR) is 120 cm³/mol. The first-order chi connectivity index (χ1) is 15.4. The number of carbonyl (C=O) groups is 2. The lowest BCUT2D eigenvalue weighted by molar-refractivity contribution is -0.146. The van der Waals surface area contributed by atoms with Crippen LogP contribution in [-0.2, 0) is 9.59 Å². The topological polar surface area (TPSA) is 69.6 Å². The van der Waals surface area contributed by atoms with E-state index in [1.165, 1.54) is 12.1 Å². The summed E-state index contributed by atoms with van der Waals surface area (Å²) in [5.74, 6) is 0.693. The van der Waals surface area contributed by atoms with E-state index in [1.807, 2.05) is 30.9 Å². The number of anilines is 1. The molecule has 0 bridgehead atoms. The zero-order valence-corrected chi connectivity index (χ0v) is 18.7. The van der Waals surface area contributed by atoms with Crippen LogP contribution in [0.25, 0.3) is 11.3 Å². The molecule has 0 N–H and O–H groups in total. The van der Waals surface area contributed by atoms with Crippen LogP contribution in [0.15, 0.2) is 36.4 Å². The molecule has 2 heterocycles. The zero-order chi connectivity index (χ0) is 22.7. The van der Waals surface area contributed by atoms with Crippen LogP contribution >= 0.6 is 0 Å². The Bertz CT molecular complexity index is 936. The van der Waals surface area contributed by atoms with Crippen LogP contribution in [0.3, 0.4) is 0 Å². The van der Waals surface area contributed by atoms with Crippen LogP contribution in [0, 0.1) is 11.7 Å². The highest BCUT2D eigenvalue weighted by atomic mass is 19.1. The van der Waals surface area contributed by atoms with Crippen LogP contribution in [0.5, 0.6) is 0 Å². The van der Waals surface area contributed by atoms with Crippen molar-refractivity contribution in [3.8, 4) is 11.3 Å². The number of hydrogen-bond donors (Lipinski definition) is 0. The van der Waals surface area contributed by atoms with E-state index >= 15 is 0 Å². The van der Waals surface area contributed by atoms with Crippen LogP contribution < -0.4 is 4.90 Å². The molecule has 2 fully saturated rings. The molecule has 170 valence electrons. The molecule has 1 saturated heterocycles. The molecule has 8 heteroatoms. The van der Waals surface area contributed by atoms with Gasteiger partial charge in [0.25, 0.3) is 0 Å². The molecule has 1 aliphatic heterocycles. The maximum Gasteiger partial charge on any atom is 0.242 e. The van der Waals surface area contributed by atoms with Crippen LogP contribution in [0.2, 0.25) is 0 Å². The van der Waals surface area contributed by atoms with Crippen molar-refractivity contribution >= 4 is 17.6 Å². The van der Waals surface area contributed by atoms with Gasteiger partial charge in [0.1, 0.15) is 5.82 Å². The van der Waals surface area contributed by atoms with E-state index in [1.54, 1.807) is 17.0 Å². The third-order valence-electron chi connectivity index (χ3n) is 6.41. The molecule has 7 nitrogen and oxygen atoms in total. The van der Waals surface area contributed by atoms with E-state index in [0.29, 0.717) is 31.9 Å². The molecular weight excluding hydrogens is 409 g/mol. The van der Waals surface area contributed by atoms with Crippen LogP contribution in [0.1, 0.15) is 33.1 Å². The molecule has 32 heavy (non-hydrogen) atoms. The van der Waals surface area contributed by atoms with E-state index < -0.39 is 0 Å². The minimum absolute atomic E-state index is 0.00349. The van der Waals surface area contributed by atoms with Crippen molar-refractivity contribution in [2.24, 2.45) is 5.92 Å². The normalized spacial score (nSPS) is 16.8. The Labute approximate surface area is 188 Å². The molecule has 0 radical (unpaired) electrons. The Kier molecular flexibility index (Phi) is 6.67. The number of benzene rings is 1. The summed E-state index contributed by atoms with van der Waals surface area (Å²) in [7, 11) is 0. The lowest BCUT2D eigenvalue weighted by Gasteiger charge is -2.38. The lowest BCUT2D eigenvalue weighted by atomic mass is 9.84. The van der Waals surface area contributed by atoms with Crippen LogP contribution in [-0.4, -0.2) is 70.6 Å². The van der Waals surface area contributed by atoms with Crippen molar-refractivity contribution in [3.05, 3.63) is 42.2 Å². The molecule has 0 spiro atoms. The van der Waals surface area contributed by atoms with Gasteiger partial charge in [0.15, 0.2) is 5.82 Å². The molecule has 1 aliphatic carbocycles. The molecule has 0 atom stereocenters. The Morgan fingerprint density at radius 3 is 2.25 bits per heavy atom. The number of aromatic nitrogens is 2. The molecule has 2 aliphatic rings. The third kappa shape index (κ3) is 4.89. The summed E-state index contributed by atoms with van der Waals surface area (Å²) in [6.07, 6.45) is 2.98. The van der Waals surface area contributed by atoms with Crippen LogP contribution in [0.4, 0.5) is 10.2 Å². The summed E-state index contributed by atoms with van der Waals surface area (Å²) in [4.78, 5) is 31.2. The second kappa shape index (κ2) is 9.63. The van der Waals surface area contributed by atoms with Gasteiger partial charge in [0, 0.05) is 43.7 Å². The molecule has 4 rings (SSSR count). The van der Waals surface area contributed by atoms with Gasteiger partial charge in [-0.25, -0.2) is 4.39 Å².